The molecule has 0 saturated carbocycles. The van der Waals surface area contributed by atoms with Gasteiger partial charge in [-0.2, -0.15) is 11.8 Å². The van der Waals surface area contributed by atoms with Gasteiger partial charge in [-0.25, -0.2) is 0 Å². The maximum Gasteiger partial charge on any atom is 0.289 e. The summed E-state index contributed by atoms with van der Waals surface area (Å²) in [5.41, 5.74) is 1.83. The third kappa shape index (κ3) is 3.00. The number of benzene rings is 1. The van der Waals surface area contributed by atoms with Gasteiger partial charge >= 0.3 is 0 Å². The predicted octanol–water partition coefficient (Wildman–Crippen LogP) is 3.32. The Kier molecular flexibility index (Phi) is 4.69. The van der Waals surface area contributed by atoms with Crippen molar-refractivity contribution in [3.63, 3.8) is 0 Å². The Morgan fingerprint density at radius 2 is 2.09 bits per heavy atom. The number of hydrogen-bond acceptors (Lipinski definition) is 4. The van der Waals surface area contributed by atoms with Crippen LogP contribution in [0.4, 0.5) is 0 Å². The lowest BCUT2D eigenvalue weighted by atomic mass is 10.1. The second-order valence-electron chi connectivity index (χ2n) is 6.56. The maximum absolute atomic E-state index is 13.0. The molecule has 23 heavy (non-hydrogen) atoms. The van der Waals surface area contributed by atoms with Gasteiger partial charge in [0.05, 0.1) is 0 Å². The zero-order valence-electron chi connectivity index (χ0n) is 14.2. The van der Waals surface area contributed by atoms with Gasteiger partial charge in [-0.1, -0.05) is 25.1 Å². The molecule has 1 fully saturated rings. The summed E-state index contributed by atoms with van der Waals surface area (Å²) in [4.78, 5) is 17.2. The Morgan fingerprint density at radius 1 is 1.35 bits per heavy atom. The average molecular weight is 332 g/mol. The van der Waals surface area contributed by atoms with Gasteiger partial charge in [-0.15, -0.1) is 0 Å². The zero-order valence-corrected chi connectivity index (χ0v) is 15.0. The minimum absolute atomic E-state index is 0.0291. The van der Waals surface area contributed by atoms with Crippen molar-refractivity contribution in [3.8, 4) is 0 Å². The Morgan fingerprint density at radius 3 is 2.74 bits per heavy atom. The number of amides is 1. The zero-order chi connectivity index (χ0) is 16.6. The molecule has 124 valence electrons. The largest absolute Gasteiger partial charge is 0.451 e. The van der Waals surface area contributed by atoms with Crippen LogP contribution in [0.2, 0.25) is 0 Å². The fourth-order valence-corrected chi connectivity index (χ4v) is 4.07. The second-order valence-corrected chi connectivity index (χ2v) is 7.42. The number of carbonyl (C=O) groups is 1. The molecule has 0 spiro atoms. The molecule has 1 saturated heterocycles. The van der Waals surface area contributed by atoms with E-state index in [0.29, 0.717) is 17.7 Å². The topological polar surface area (TPSA) is 36.7 Å². The lowest BCUT2D eigenvalue weighted by molar-refractivity contribution is 0.0751. The van der Waals surface area contributed by atoms with Gasteiger partial charge in [-0.05, 0) is 32.3 Å². The molecule has 2 atom stereocenters. The van der Waals surface area contributed by atoms with E-state index in [0.717, 1.165) is 35.4 Å². The number of hydrogen-bond donors (Lipinski definition) is 0. The van der Waals surface area contributed by atoms with Gasteiger partial charge in [0, 0.05) is 35.8 Å². The van der Waals surface area contributed by atoms with Crippen LogP contribution in [-0.4, -0.2) is 55.2 Å². The molecule has 1 aliphatic rings. The number of rotatable bonds is 4. The SMILES string of the molecule is CSCc1c(C(=O)N2CC(C)C(N(C)C)C2)oc2ccccc12. The minimum Gasteiger partial charge on any atom is -0.451 e. The highest BCUT2D eigenvalue weighted by Gasteiger charge is 2.36. The van der Waals surface area contributed by atoms with Crippen molar-refractivity contribution in [2.45, 2.75) is 18.7 Å². The van der Waals surface area contributed by atoms with Crippen molar-refractivity contribution in [1.82, 2.24) is 9.80 Å². The van der Waals surface area contributed by atoms with Crippen molar-refractivity contribution < 1.29 is 9.21 Å². The predicted molar refractivity (Wildman–Crippen MR) is 96.0 cm³/mol. The second kappa shape index (κ2) is 6.57. The Hall–Kier alpha value is -1.46. The van der Waals surface area contributed by atoms with Crippen LogP contribution in [0.1, 0.15) is 23.0 Å². The highest BCUT2D eigenvalue weighted by molar-refractivity contribution is 7.97. The molecule has 2 aromatic rings. The molecule has 1 aliphatic heterocycles. The van der Waals surface area contributed by atoms with E-state index >= 15 is 0 Å². The fraction of sp³-hybridized carbons (Fsp3) is 0.500. The van der Waals surface area contributed by atoms with Crippen molar-refractivity contribution in [2.24, 2.45) is 5.92 Å². The van der Waals surface area contributed by atoms with Gasteiger partial charge in [0.15, 0.2) is 5.76 Å². The highest BCUT2D eigenvalue weighted by atomic mass is 32.2. The van der Waals surface area contributed by atoms with E-state index in [4.69, 9.17) is 4.42 Å². The van der Waals surface area contributed by atoms with E-state index < -0.39 is 0 Å². The lowest BCUT2D eigenvalue weighted by Gasteiger charge is -2.22. The molecule has 1 amide bonds. The first-order valence-electron chi connectivity index (χ1n) is 7.98. The Balaban J connectivity index is 1.94. The minimum atomic E-state index is 0.0291. The highest BCUT2D eigenvalue weighted by Crippen LogP contribution is 2.31. The Labute approximate surface area is 141 Å². The summed E-state index contributed by atoms with van der Waals surface area (Å²) in [7, 11) is 4.16. The number of nitrogens with zero attached hydrogens (tertiary/aromatic N) is 2. The van der Waals surface area contributed by atoms with Crippen LogP contribution < -0.4 is 0 Å². The lowest BCUT2D eigenvalue weighted by Crippen LogP contribution is -2.35. The molecular formula is C18H24N2O2S. The first-order chi connectivity index (χ1) is 11.0. The third-order valence-corrected chi connectivity index (χ3v) is 5.28. The van der Waals surface area contributed by atoms with Crippen molar-refractivity contribution in [1.29, 1.82) is 0 Å². The van der Waals surface area contributed by atoms with Crippen molar-refractivity contribution >= 4 is 28.6 Å². The smallest absolute Gasteiger partial charge is 0.289 e. The summed E-state index contributed by atoms with van der Waals surface area (Å²) in [6.07, 6.45) is 2.05. The number of likely N-dealkylation sites (tertiary alicyclic amines) is 1. The molecule has 1 aromatic heterocycles. The van der Waals surface area contributed by atoms with Crippen LogP contribution in [0, 0.1) is 5.92 Å². The van der Waals surface area contributed by atoms with Crippen LogP contribution in [-0.2, 0) is 5.75 Å². The fourth-order valence-electron chi connectivity index (χ4n) is 3.49. The van der Waals surface area contributed by atoms with Crippen LogP contribution in [0.15, 0.2) is 28.7 Å². The van der Waals surface area contributed by atoms with Gasteiger partial charge in [-0.3, -0.25) is 4.79 Å². The summed E-state index contributed by atoms with van der Waals surface area (Å²) in [5, 5.41) is 1.06. The first kappa shape index (κ1) is 16.4. The monoisotopic (exact) mass is 332 g/mol. The van der Waals surface area contributed by atoms with Crippen LogP contribution in [0.5, 0.6) is 0 Å². The average Bonchev–Trinajstić information content (AvgIpc) is 3.09. The normalized spacial score (nSPS) is 21.5. The summed E-state index contributed by atoms with van der Waals surface area (Å²) in [6.45, 7) is 3.76. The number of likely N-dealkylation sites (N-methyl/N-ethyl adjacent to an activating group) is 1. The number of thioether (sulfide) groups is 1. The number of carbonyl (C=O) groups excluding carboxylic acids is 1. The first-order valence-corrected chi connectivity index (χ1v) is 9.37. The van der Waals surface area contributed by atoms with E-state index in [1.165, 1.54) is 0 Å². The molecule has 0 bridgehead atoms. The van der Waals surface area contributed by atoms with Crippen molar-refractivity contribution in [2.75, 3.05) is 33.4 Å². The van der Waals surface area contributed by atoms with Crippen molar-refractivity contribution in [3.05, 3.63) is 35.6 Å². The molecule has 2 heterocycles. The maximum atomic E-state index is 13.0. The molecule has 0 aliphatic carbocycles. The molecule has 5 heteroatoms. The van der Waals surface area contributed by atoms with Crippen LogP contribution in [0.3, 0.4) is 0 Å². The standard InChI is InChI=1S/C18H24N2O2S/c1-12-9-20(10-15(12)19(2)3)18(21)17-14(11-23-4)13-7-5-6-8-16(13)22-17/h5-8,12,15H,9-11H2,1-4H3. The van der Waals surface area contributed by atoms with Crippen LogP contribution in [0.25, 0.3) is 11.0 Å². The number of furan rings is 1. The van der Waals surface area contributed by atoms with E-state index in [-0.39, 0.29) is 5.91 Å². The van der Waals surface area contributed by atoms with Gasteiger partial charge < -0.3 is 14.2 Å². The van der Waals surface area contributed by atoms with E-state index in [2.05, 4.69) is 32.2 Å². The number of para-hydroxylation sites is 1. The van der Waals surface area contributed by atoms with Gasteiger partial charge in [0.1, 0.15) is 5.58 Å². The molecule has 2 unspecified atom stereocenters. The van der Waals surface area contributed by atoms with E-state index in [1.54, 1.807) is 11.8 Å². The molecule has 0 N–H and O–H groups in total. The van der Waals surface area contributed by atoms with Crippen LogP contribution >= 0.6 is 11.8 Å². The molecular weight excluding hydrogens is 308 g/mol. The summed E-state index contributed by atoms with van der Waals surface area (Å²) >= 11 is 1.72. The molecule has 1 aromatic carbocycles. The number of fused-ring (bicyclic) bond motifs is 1. The molecule has 0 radical (unpaired) electrons. The van der Waals surface area contributed by atoms with E-state index in [1.807, 2.05) is 29.2 Å². The van der Waals surface area contributed by atoms with E-state index in [9.17, 15) is 4.79 Å². The van der Waals surface area contributed by atoms with Gasteiger partial charge in [0.2, 0.25) is 0 Å². The van der Waals surface area contributed by atoms with Gasteiger partial charge in [0.25, 0.3) is 5.91 Å². The summed E-state index contributed by atoms with van der Waals surface area (Å²) in [5.74, 6) is 1.81. The summed E-state index contributed by atoms with van der Waals surface area (Å²) < 4.78 is 5.94. The Bertz CT molecular complexity index is 710. The molecule has 3 rings (SSSR count). The quantitative estimate of drug-likeness (QED) is 0.861. The third-order valence-electron chi connectivity index (χ3n) is 4.70. The summed E-state index contributed by atoms with van der Waals surface area (Å²) in [6, 6.07) is 8.33. The molecule has 4 nitrogen and oxygen atoms in total.